The highest BCUT2D eigenvalue weighted by Crippen LogP contribution is 2.19. The van der Waals surface area contributed by atoms with Gasteiger partial charge in [-0.1, -0.05) is 31.7 Å². The molecule has 0 unspecified atom stereocenters. The number of hydrogen-bond acceptors (Lipinski definition) is 5. The molecule has 0 radical (unpaired) electrons. The van der Waals surface area contributed by atoms with Crippen LogP contribution in [0.1, 0.15) is 65.0 Å². The Bertz CT molecular complexity index is 852. The van der Waals surface area contributed by atoms with Crippen molar-refractivity contribution in [2.75, 3.05) is 11.9 Å². The third kappa shape index (κ3) is 5.94. The van der Waals surface area contributed by atoms with E-state index in [9.17, 15) is 14.4 Å². The van der Waals surface area contributed by atoms with Crippen molar-refractivity contribution in [3.63, 3.8) is 0 Å². The molecule has 0 atom stereocenters. The van der Waals surface area contributed by atoms with Gasteiger partial charge in [-0.2, -0.15) is 0 Å². The van der Waals surface area contributed by atoms with Crippen LogP contribution in [0.5, 0.6) is 0 Å². The molecule has 3 rings (SSSR count). The zero-order valence-electron chi connectivity index (χ0n) is 16.5. The van der Waals surface area contributed by atoms with Gasteiger partial charge in [-0.05, 0) is 49.6 Å². The minimum Gasteiger partial charge on any atom is -0.459 e. The molecule has 2 N–H and O–H groups in total. The van der Waals surface area contributed by atoms with E-state index < -0.39 is 11.9 Å². The summed E-state index contributed by atoms with van der Waals surface area (Å²) in [5.74, 6) is -1.14. The number of benzene rings is 1. The molecule has 2 amide bonds. The van der Waals surface area contributed by atoms with Crippen LogP contribution in [0.2, 0.25) is 0 Å². The lowest BCUT2D eigenvalue weighted by Crippen LogP contribution is -2.37. The van der Waals surface area contributed by atoms with Gasteiger partial charge in [-0.15, -0.1) is 0 Å². The smallest absolute Gasteiger partial charge is 0.338 e. The maximum atomic E-state index is 12.3. The SMILES string of the molecule is Cc1ccc(C(=O)OCC(=O)NC2CCCCCC2)cc1NC(=O)c1ccco1. The summed E-state index contributed by atoms with van der Waals surface area (Å²) in [6, 6.07) is 8.17. The van der Waals surface area contributed by atoms with Crippen LogP contribution in [0.15, 0.2) is 41.0 Å². The number of esters is 1. The molecule has 1 aliphatic rings. The van der Waals surface area contributed by atoms with Gasteiger partial charge in [-0.3, -0.25) is 9.59 Å². The van der Waals surface area contributed by atoms with Gasteiger partial charge in [-0.25, -0.2) is 4.79 Å². The summed E-state index contributed by atoms with van der Waals surface area (Å²) in [6.45, 7) is 1.49. The number of furan rings is 1. The molecule has 0 aliphatic heterocycles. The first-order valence-electron chi connectivity index (χ1n) is 9.95. The van der Waals surface area contributed by atoms with Crippen molar-refractivity contribution >= 4 is 23.5 Å². The van der Waals surface area contributed by atoms with Gasteiger partial charge in [0.25, 0.3) is 11.8 Å². The predicted molar refractivity (Wildman–Crippen MR) is 108 cm³/mol. The summed E-state index contributed by atoms with van der Waals surface area (Å²) < 4.78 is 10.2. The normalized spacial score (nSPS) is 14.7. The van der Waals surface area contributed by atoms with Crippen molar-refractivity contribution in [3.05, 3.63) is 53.5 Å². The third-order valence-corrected chi connectivity index (χ3v) is 5.02. The van der Waals surface area contributed by atoms with Crippen LogP contribution < -0.4 is 10.6 Å². The lowest BCUT2D eigenvalue weighted by molar-refractivity contribution is -0.125. The Labute approximate surface area is 169 Å². The highest BCUT2D eigenvalue weighted by atomic mass is 16.5. The van der Waals surface area contributed by atoms with Crippen LogP contribution in [0.4, 0.5) is 5.69 Å². The van der Waals surface area contributed by atoms with Crippen molar-refractivity contribution in [2.45, 2.75) is 51.5 Å². The summed E-state index contributed by atoms with van der Waals surface area (Å²) in [5, 5.41) is 5.66. The van der Waals surface area contributed by atoms with E-state index in [1.54, 1.807) is 24.3 Å². The van der Waals surface area contributed by atoms with Crippen LogP contribution >= 0.6 is 0 Å². The molecule has 154 valence electrons. The molecule has 29 heavy (non-hydrogen) atoms. The lowest BCUT2D eigenvalue weighted by atomic mass is 10.1. The fourth-order valence-corrected chi connectivity index (χ4v) is 3.38. The molecule has 7 nitrogen and oxygen atoms in total. The molecule has 0 bridgehead atoms. The number of anilines is 1. The highest BCUT2D eigenvalue weighted by Gasteiger charge is 2.17. The van der Waals surface area contributed by atoms with E-state index in [-0.39, 0.29) is 29.9 Å². The quantitative estimate of drug-likeness (QED) is 0.569. The molecule has 1 saturated carbocycles. The van der Waals surface area contributed by atoms with E-state index in [4.69, 9.17) is 9.15 Å². The molecule has 1 aliphatic carbocycles. The molecule has 0 spiro atoms. The maximum absolute atomic E-state index is 12.3. The second-order valence-electron chi connectivity index (χ2n) is 7.29. The molecule has 1 aromatic carbocycles. The summed E-state index contributed by atoms with van der Waals surface area (Å²) in [7, 11) is 0. The van der Waals surface area contributed by atoms with E-state index in [2.05, 4.69) is 10.6 Å². The Balaban J connectivity index is 1.55. The summed E-state index contributed by atoms with van der Waals surface area (Å²) in [4.78, 5) is 36.6. The fourth-order valence-electron chi connectivity index (χ4n) is 3.38. The molecular weight excluding hydrogens is 372 g/mol. The Hall–Kier alpha value is -3.09. The molecular formula is C22H26N2O5. The Morgan fingerprint density at radius 3 is 2.55 bits per heavy atom. The first-order chi connectivity index (χ1) is 14.0. The van der Waals surface area contributed by atoms with Gasteiger partial charge in [0.15, 0.2) is 12.4 Å². The van der Waals surface area contributed by atoms with E-state index in [1.807, 2.05) is 6.92 Å². The first-order valence-corrected chi connectivity index (χ1v) is 9.95. The van der Waals surface area contributed by atoms with E-state index in [1.165, 1.54) is 25.2 Å². The van der Waals surface area contributed by atoms with Crippen LogP contribution in [0.3, 0.4) is 0 Å². The Morgan fingerprint density at radius 1 is 1.10 bits per heavy atom. The van der Waals surface area contributed by atoms with Gasteiger partial charge >= 0.3 is 5.97 Å². The second kappa shape index (κ2) is 9.91. The van der Waals surface area contributed by atoms with Gasteiger partial charge in [0.1, 0.15) is 0 Å². The summed E-state index contributed by atoms with van der Waals surface area (Å²) in [5.41, 5.74) is 1.52. The standard InChI is InChI=1S/C22H26N2O5/c1-15-10-11-16(13-18(15)24-21(26)19-9-6-12-28-19)22(27)29-14-20(25)23-17-7-4-2-3-5-8-17/h6,9-13,17H,2-5,7-8,14H2,1H3,(H,23,25)(H,24,26). The number of nitrogens with one attached hydrogen (secondary N) is 2. The van der Waals surface area contributed by atoms with Gasteiger partial charge in [0.05, 0.1) is 11.8 Å². The number of ether oxygens (including phenoxy) is 1. The van der Waals surface area contributed by atoms with E-state index in [0.29, 0.717) is 5.69 Å². The van der Waals surface area contributed by atoms with Crippen molar-refractivity contribution in [2.24, 2.45) is 0 Å². The zero-order chi connectivity index (χ0) is 20.6. The number of carbonyl (C=O) groups is 3. The first kappa shape index (κ1) is 20.6. The van der Waals surface area contributed by atoms with Crippen molar-refractivity contribution in [3.8, 4) is 0 Å². The monoisotopic (exact) mass is 398 g/mol. The molecule has 1 heterocycles. The molecule has 1 aromatic heterocycles. The molecule has 0 saturated heterocycles. The van der Waals surface area contributed by atoms with Crippen LogP contribution in [0, 0.1) is 6.92 Å². The second-order valence-corrected chi connectivity index (χ2v) is 7.29. The fraction of sp³-hybridized carbons (Fsp3) is 0.409. The predicted octanol–water partition coefficient (Wildman–Crippen LogP) is 3.84. The van der Waals surface area contributed by atoms with E-state index >= 15 is 0 Å². The largest absolute Gasteiger partial charge is 0.459 e. The van der Waals surface area contributed by atoms with E-state index in [0.717, 1.165) is 31.2 Å². The summed E-state index contributed by atoms with van der Waals surface area (Å²) in [6.07, 6.45) is 7.98. The topological polar surface area (TPSA) is 97.6 Å². The third-order valence-electron chi connectivity index (χ3n) is 5.02. The molecule has 7 heteroatoms. The van der Waals surface area contributed by atoms with Gasteiger partial charge in [0.2, 0.25) is 0 Å². The van der Waals surface area contributed by atoms with Crippen molar-refractivity contribution < 1.29 is 23.5 Å². The average molecular weight is 398 g/mol. The van der Waals surface area contributed by atoms with Gasteiger partial charge in [0, 0.05) is 11.7 Å². The Morgan fingerprint density at radius 2 is 1.86 bits per heavy atom. The number of aryl methyl sites for hydroxylation is 1. The number of rotatable bonds is 6. The molecule has 2 aromatic rings. The van der Waals surface area contributed by atoms with Gasteiger partial charge < -0.3 is 19.8 Å². The van der Waals surface area contributed by atoms with Crippen LogP contribution in [-0.2, 0) is 9.53 Å². The van der Waals surface area contributed by atoms with Crippen LogP contribution in [-0.4, -0.2) is 30.4 Å². The molecule has 1 fully saturated rings. The highest BCUT2D eigenvalue weighted by molar-refractivity contribution is 6.03. The maximum Gasteiger partial charge on any atom is 0.338 e. The van der Waals surface area contributed by atoms with Crippen LogP contribution in [0.25, 0.3) is 0 Å². The zero-order valence-corrected chi connectivity index (χ0v) is 16.5. The number of hydrogen-bond donors (Lipinski definition) is 2. The average Bonchev–Trinajstić information content (AvgIpc) is 3.14. The minimum atomic E-state index is -0.616. The number of amides is 2. The lowest BCUT2D eigenvalue weighted by Gasteiger charge is -2.16. The Kier molecular flexibility index (Phi) is 7.05. The van der Waals surface area contributed by atoms with Crippen molar-refractivity contribution in [1.82, 2.24) is 5.32 Å². The minimum absolute atomic E-state index is 0.159. The van der Waals surface area contributed by atoms with Crippen molar-refractivity contribution in [1.29, 1.82) is 0 Å². The number of carbonyl (C=O) groups excluding carboxylic acids is 3. The summed E-state index contributed by atoms with van der Waals surface area (Å²) >= 11 is 0.